The summed E-state index contributed by atoms with van der Waals surface area (Å²) >= 11 is 0. The Balaban J connectivity index is 2.26. The van der Waals surface area contributed by atoms with Crippen LogP contribution >= 0.6 is 0 Å². The second-order valence-electron chi connectivity index (χ2n) is 6.25. The molecule has 1 N–H and O–H groups in total. The topological polar surface area (TPSA) is 118 Å². The first kappa shape index (κ1) is 20.3. The Bertz CT molecular complexity index is 937. The Labute approximate surface area is 149 Å². The average Bonchev–Trinajstić information content (AvgIpc) is 2.88. The van der Waals surface area contributed by atoms with Gasteiger partial charge in [-0.15, -0.1) is 0 Å². The fraction of sp³-hybridized carbons (Fsp3) is 0.571. The van der Waals surface area contributed by atoms with Crippen LogP contribution in [-0.2, 0) is 29.7 Å². The molecule has 0 aromatic heterocycles. The number of nitrogens with zero attached hydrogens (tertiary/aromatic N) is 1. The highest BCUT2D eigenvalue weighted by Gasteiger charge is 2.38. The summed E-state index contributed by atoms with van der Waals surface area (Å²) in [4.78, 5) is 1.47. The first-order valence-electron chi connectivity index (χ1n) is 7.63. The van der Waals surface area contributed by atoms with Crippen molar-refractivity contribution in [2.24, 2.45) is 0 Å². The van der Waals surface area contributed by atoms with Crippen LogP contribution in [0.5, 0.6) is 0 Å². The van der Waals surface area contributed by atoms with Gasteiger partial charge < -0.3 is 4.90 Å². The Hall–Kier alpha value is -1.01. The molecule has 25 heavy (non-hydrogen) atoms. The number of rotatable bonds is 7. The highest BCUT2D eigenvalue weighted by atomic mass is 32.2. The summed E-state index contributed by atoms with van der Waals surface area (Å²) in [6.45, 7) is 0.685. The van der Waals surface area contributed by atoms with E-state index in [2.05, 4.69) is 4.72 Å². The summed E-state index contributed by atoms with van der Waals surface area (Å²) in [6, 6.07) is 5.02. The van der Waals surface area contributed by atoms with Crippen LogP contribution in [0.4, 0.5) is 0 Å². The maximum Gasteiger partial charge on any atom is 0.240 e. The van der Waals surface area contributed by atoms with Gasteiger partial charge in [-0.1, -0.05) is 6.07 Å². The molecule has 1 fully saturated rings. The summed E-state index contributed by atoms with van der Waals surface area (Å²) in [5.74, 6) is -0.589. The van der Waals surface area contributed by atoms with Crippen molar-refractivity contribution in [3.63, 3.8) is 0 Å². The van der Waals surface area contributed by atoms with Crippen LogP contribution in [0.25, 0.3) is 0 Å². The molecule has 0 bridgehead atoms. The van der Waals surface area contributed by atoms with Crippen molar-refractivity contribution >= 4 is 29.7 Å². The summed E-state index contributed by atoms with van der Waals surface area (Å²) in [6.07, 6.45) is 0.0305. The lowest BCUT2D eigenvalue weighted by molar-refractivity contribution is 0.412. The summed E-state index contributed by atoms with van der Waals surface area (Å²) in [7, 11) is -7.50. The van der Waals surface area contributed by atoms with Gasteiger partial charge in [0.25, 0.3) is 0 Å². The lowest BCUT2D eigenvalue weighted by atomic mass is 10.4. The molecule has 8 nitrogen and oxygen atoms in total. The van der Waals surface area contributed by atoms with Crippen LogP contribution in [0.2, 0.25) is 0 Å². The Morgan fingerprint density at radius 2 is 1.80 bits per heavy atom. The van der Waals surface area contributed by atoms with E-state index in [1.54, 1.807) is 14.1 Å². The predicted molar refractivity (Wildman–Crippen MR) is 94.4 cm³/mol. The zero-order chi connectivity index (χ0) is 18.9. The maximum absolute atomic E-state index is 12.6. The molecule has 1 saturated heterocycles. The third-order valence-corrected chi connectivity index (χ3v) is 9.55. The van der Waals surface area contributed by atoms with Crippen molar-refractivity contribution in [3.05, 3.63) is 24.3 Å². The summed E-state index contributed by atoms with van der Waals surface area (Å²) < 4.78 is 75.3. The third-order valence-electron chi connectivity index (χ3n) is 3.92. The Morgan fingerprint density at radius 1 is 1.16 bits per heavy atom. The van der Waals surface area contributed by atoms with Crippen molar-refractivity contribution < 1.29 is 25.3 Å². The highest BCUT2D eigenvalue weighted by molar-refractivity contribution is 7.96. The van der Waals surface area contributed by atoms with Gasteiger partial charge in [-0.2, -0.15) is 0 Å². The number of hydrogen-bond donors (Lipinski definition) is 1. The molecule has 0 spiro atoms. The van der Waals surface area contributed by atoms with Gasteiger partial charge >= 0.3 is 0 Å². The second-order valence-corrected chi connectivity index (χ2v) is 12.5. The number of sulfonamides is 1. The molecular weight excluding hydrogens is 388 g/mol. The molecule has 1 aromatic rings. The number of sulfone groups is 2. The molecule has 142 valence electrons. The quantitative estimate of drug-likeness (QED) is 0.643. The van der Waals surface area contributed by atoms with Gasteiger partial charge in [-0.05, 0) is 38.7 Å². The van der Waals surface area contributed by atoms with Crippen molar-refractivity contribution in [2.45, 2.75) is 21.5 Å². The van der Waals surface area contributed by atoms with Gasteiger partial charge in [0.1, 0.15) is 0 Å². The molecule has 0 radical (unpaired) electrons. The van der Waals surface area contributed by atoms with Gasteiger partial charge in [-0.3, -0.25) is 0 Å². The van der Waals surface area contributed by atoms with E-state index in [0.29, 0.717) is 6.54 Å². The zero-order valence-corrected chi connectivity index (χ0v) is 16.5. The Morgan fingerprint density at radius 3 is 2.36 bits per heavy atom. The molecule has 0 saturated carbocycles. The molecule has 0 amide bonds. The Kier molecular flexibility index (Phi) is 5.94. The maximum atomic E-state index is 12.6. The fourth-order valence-corrected chi connectivity index (χ4v) is 8.05. The predicted octanol–water partition coefficient (Wildman–Crippen LogP) is -0.513. The SMILES string of the molecule is CN(C)CCNS(=O)(=O)c1cccc(S(=O)(=O)C2CCS(=O)(=O)C2)c1. The summed E-state index contributed by atoms with van der Waals surface area (Å²) in [5, 5.41) is -1.03. The fourth-order valence-electron chi connectivity index (χ4n) is 2.50. The lowest BCUT2D eigenvalue weighted by Gasteiger charge is -2.13. The average molecular weight is 411 g/mol. The van der Waals surface area contributed by atoms with E-state index in [0.717, 1.165) is 6.07 Å². The van der Waals surface area contributed by atoms with E-state index >= 15 is 0 Å². The normalized spacial score (nSPS) is 20.8. The minimum Gasteiger partial charge on any atom is -0.308 e. The van der Waals surface area contributed by atoms with E-state index in [9.17, 15) is 25.3 Å². The van der Waals surface area contributed by atoms with Crippen molar-refractivity contribution in [1.82, 2.24) is 9.62 Å². The molecule has 1 atom stereocenters. The minimum atomic E-state index is -3.91. The number of hydrogen-bond acceptors (Lipinski definition) is 7. The van der Waals surface area contributed by atoms with E-state index in [4.69, 9.17) is 0 Å². The van der Waals surface area contributed by atoms with Crippen LogP contribution in [-0.4, -0.2) is 74.1 Å². The number of benzene rings is 1. The number of nitrogens with one attached hydrogen (secondary N) is 1. The van der Waals surface area contributed by atoms with Gasteiger partial charge in [0, 0.05) is 13.1 Å². The second kappa shape index (κ2) is 7.31. The van der Waals surface area contributed by atoms with E-state index in [-0.39, 0.29) is 28.5 Å². The van der Waals surface area contributed by atoms with Gasteiger partial charge in [0.15, 0.2) is 19.7 Å². The van der Waals surface area contributed by atoms with E-state index in [1.807, 2.05) is 4.90 Å². The first-order chi connectivity index (χ1) is 11.4. The molecule has 11 heteroatoms. The molecule has 2 rings (SSSR count). The zero-order valence-electron chi connectivity index (χ0n) is 14.0. The molecule has 1 aliphatic rings. The van der Waals surface area contributed by atoms with Crippen molar-refractivity contribution in [1.29, 1.82) is 0 Å². The third kappa shape index (κ3) is 5.00. The van der Waals surface area contributed by atoms with Crippen molar-refractivity contribution in [3.8, 4) is 0 Å². The van der Waals surface area contributed by atoms with Crippen LogP contribution in [0.1, 0.15) is 6.42 Å². The minimum absolute atomic E-state index is 0.0305. The lowest BCUT2D eigenvalue weighted by Crippen LogP contribution is -2.31. The van der Waals surface area contributed by atoms with Crippen LogP contribution < -0.4 is 4.72 Å². The molecule has 1 heterocycles. The first-order valence-corrected chi connectivity index (χ1v) is 12.5. The monoisotopic (exact) mass is 410 g/mol. The largest absolute Gasteiger partial charge is 0.308 e. The van der Waals surface area contributed by atoms with Crippen molar-refractivity contribution in [2.75, 3.05) is 38.7 Å². The van der Waals surface area contributed by atoms with Crippen LogP contribution in [0, 0.1) is 0 Å². The van der Waals surface area contributed by atoms with Crippen LogP contribution in [0.15, 0.2) is 34.1 Å². The van der Waals surface area contributed by atoms with Crippen LogP contribution in [0.3, 0.4) is 0 Å². The standard InChI is InChI=1S/C14H22N2O6S3/c1-16(2)8-7-15-25(21,22)13-5-3-4-12(10-13)24(19,20)14-6-9-23(17,18)11-14/h3-5,10,14-15H,6-9,11H2,1-2H3. The smallest absolute Gasteiger partial charge is 0.240 e. The van der Waals surface area contributed by atoms with E-state index < -0.39 is 40.7 Å². The highest BCUT2D eigenvalue weighted by Crippen LogP contribution is 2.26. The molecular formula is C14H22N2O6S3. The van der Waals surface area contributed by atoms with Gasteiger partial charge in [-0.25, -0.2) is 30.0 Å². The molecule has 1 unspecified atom stereocenters. The van der Waals surface area contributed by atoms with Gasteiger partial charge in [0.2, 0.25) is 10.0 Å². The molecule has 0 aliphatic carbocycles. The van der Waals surface area contributed by atoms with Gasteiger partial charge in [0.05, 0.1) is 26.5 Å². The molecule has 1 aliphatic heterocycles. The number of likely N-dealkylation sites (N-methyl/N-ethyl adjacent to an activating group) is 1. The van der Waals surface area contributed by atoms with E-state index in [1.165, 1.54) is 18.2 Å². The summed E-state index contributed by atoms with van der Waals surface area (Å²) in [5.41, 5.74) is 0. The molecule has 1 aromatic carbocycles.